The third kappa shape index (κ3) is 7.40. The van der Waals surface area contributed by atoms with Gasteiger partial charge in [-0.05, 0) is 26.4 Å². The van der Waals surface area contributed by atoms with E-state index in [0.717, 1.165) is 65.3 Å². The van der Waals surface area contributed by atoms with Crippen LogP contribution < -0.4 is 0 Å². The zero-order valence-electron chi connectivity index (χ0n) is 17.1. The Morgan fingerprint density at radius 3 is 2.15 bits per heavy atom. The van der Waals surface area contributed by atoms with E-state index in [0.29, 0.717) is 11.8 Å². The van der Waals surface area contributed by atoms with Crippen molar-refractivity contribution in [3.63, 3.8) is 0 Å². The van der Waals surface area contributed by atoms with E-state index < -0.39 is 4.46 Å². The predicted molar refractivity (Wildman–Crippen MR) is 110 cm³/mol. The van der Waals surface area contributed by atoms with Crippen LogP contribution in [0.3, 0.4) is 0 Å². The van der Waals surface area contributed by atoms with Crippen LogP contribution in [0.5, 0.6) is 0 Å². The van der Waals surface area contributed by atoms with E-state index in [1.807, 2.05) is 0 Å². The average Bonchev–Trinajstić information content (AvgIpc) is 2.54. The first-order chi connectivity index (χ1) is 11.8. The summed E-state index contributed by atoms with van der Waals surface area (Å²) < 4.78 is -0.780. The Kier molecular flexibility index (Phi) is 11.4. The largest absolute Gasteiger partial charge is 0.305 e. The second-order valence-electron chi connectivity index (χ2n) is 8.34. The van der Waals surface area contributed by atoms with Crippen LogP contribution in [0.15, 0.2) is 0 Å². The third-order valence-corrected chi connectivity index (χ3v) is 6.88. The molecule has 2 fully saturated rings. The van der Waals surface area contributed by atoms with E-state index in [1.165, 1.54) is 12.8 Å². The second-order valence-corrected chi connectivity index (χ2v) is 9.69. The van der Waals surface area contributed by atoms with Crippen molar-refractivity contribution < 1.29 is 17.1 Å². The molecule has 0 saturated carbocycles. The molecule has 4 nitrogen and oxygen atoms in total. The van der Waals surface area contributed by atoms with Gasteiger partial charge in [-0.1, -0.05) is 49.9 Å². The molecule has 0 aromatic carbocycles. The summed E-state index contributed by atoms with van der Waals surface area (Å²) in [6, 6.07) is 0. The Morgan fingerprint density at radius 1 is 0.885 bits per heavy atom. The summed E-state index contributed by atoms with van der Waals surface area (Å²) in [5.74, 6) is 0.985. The van der Waals surface area contributed by atoms with Crippen LogP contribution in [-0.4, -0.2) is 97.1 Å². The molecule has 2 saturated heterocycles. The topological polar surface area (TPSA) is 13.0 Å². The summed E-state index contributed by atoms with van der Waals surface area (Å²) in [5.41, 5.74) is 0. The van der Waals surface area contributed by atoms with Crippen LogP contribution >= 0.6 is 23.2 Å². The van der Waals surface area contributed by atoms with Crippen molar-refractivity contribution in [3.05, 3.63) is 0 Å². The SMILES string of the molecule is CCCCC1CN(C)CCN2CCN(CCN(C)CC(C)C2)C1(Cl)Cl.[Mn]. The number of alkyl halides is 2. The first-order valence-electron chi connectivity index (χ1n) is 10.0. The van der Waals surface area contributed by atoms with Crippen molar-refractivity contribution in [2.75, 3.05) is 73.0 Å². The molecule has 7 heteroatoms. The molecule has 2 heterocycles. The zero-order valence-corrected chi connectivity index (χ0v) is 19.8. The Labute approximate surface area is 182 Å². The summed E-state index contributed by atoms with van der Waals surface area (Å²) in [6.07, 6.45) is 3.48. The fourth-order valence-corrected chi connectivity index (χ4v) is 4.94. The normalized spacial score (nSPS) is 34.8. The van der Waals surface area contributed by atoms with Gasteiger partial charge in [0.1, 0.15) is 0 Å². The summed E-state index contributed by atoms with van der Waals surface area (Å²) >= 11 is 14.1. The molecule has 4 unspecified atom stereocenters. The van der Waals surface area contributed by atoms with Crippen LogP contribution in [0.4, 0.5) is 0 Å². The summed E-state index contributed by atoms with van der Waals surface area (Å²) in [5, 5.41) is 0. The van der Waals surface area contributed by atoms with Gasteiger partial charge in [-0.25, -0.2) is 0 Å². The monoisotopic (exact) mass is 447 g/mol. The molecule has 2 aliphatic heterocycles. The maximum absolute atomic E-state index is 7.06. The number of halogens is 2. The van der Waals surface area contributed by atoms with E-state index >= 15 is 0 Å². The first kappa shape index (κ1) is 25.0. The molecule has 0 spiro atoms. The minimum atomic E-state index is -0.780. The Hall–Kier alpha value is 0.939. The molecule has 26 heavy (non-hydrogen) atoms. The number of likely N-dealkylation sites (N-methyl/N-ethyl adjacent to an activating group) is 2. The molecular formula is C19H38Cl2MnN4. The number of rotatable bonds is 3. The van der Waals surface area contributed by atoms with E-state index in [4.69, 9.17) is 23.2 Å². The van der Waals surface area contributed by atoms with Gasteiger partial charge in [0.05, 0.1) is 0 Å². The number of unbranched alkanes of at least 4 members (excludes halogenated alkanes) is 1. The van der Waals surface area contributed by atoms with Crippen molar-refractivity contribution in [2.24, 2.45) is 11.8 Å². The molecule has 0 amide bonds. The Bertz CT molecular complexity index is 400. The van der Waals surface area contributed by atoms with E-state index in [-0.39, 0.29) is 17.1 Å². The van der Waals surface area contributed by atoms with E-state index in [9.17, 15) is 0 Å². The van der Waals surface area contributed by atoms with Crippen LogP contribution in [0.25, 0.3) is 0 Å². The van der Waals surface area contributed by atoms with Crippen LogP contribution in [0.2, 0.25) is 0 Å². The smallest absolute Gasteiger partial charge is 0.175 e. The van der Waals surface area contributed by atoms with Gasteiger partial charge < -0.3 is 14.7 Å². The van der Waals surface area contributed by atoms with Crippen molar-refractivity contribution in [2.45, 2.75) is 37.6 Å². The minimum Gasteiger partial charge on any atom is -0.305 e. The van der Waals surface area contributed by atoms with Gasteiger partial charge in [0.25, 0.3) is 0 Å². The molecule has 0 aromatic rings. The minimum absolute atomic E-state index is 0. The number of fused-ring (bicyclic) bond motifs is 3. The van der Waals surface area contributed by atoms with Crippen molar-refractivity contribution >= 4 is 23.2 Å². The van der Waals surface area contributed by atoms with Gasteiger partial charge in [0, 0.05) is 81.9 Å². The Balaban J connectivity index is 0.00000338. The zero-order chi connectivity index (χ0) is 18.4. The quantitative estimate of drug-likeness (QED) is 0.374. The second kappa shape index (κ2) is 11.8. The van der Waals surface area contributed by atoms with Crippen LogP contribution in [0.1, 0.15) is 33.1 Å². The Morgan fingerprint density at radius 2 is 1.46 bits per heavy atom. The summed E-state index contributed by atoms with van der Waals surface area (Å²) in [6.45, 7) is 14.1. The van der Waals surface area contributed by atoms with Crippen molar-refractivity contribution in [1.82, 2.24) is 19.6 Å². The standard InChI is InChI=1S/C19H38Cl2N4.Mn/c1-5-6-7-18-16-23(4)8-10-24-11-13-25(19(18,20)21)12-9-22(3)14-17(2)15-24;/h17-18H,5-16H2,1-4H3;. The van der Waals surface area contributed by atoms with Gasteiger partial charge in [-0.3, -0.25) is 4.90 Å². The van der Waals surface area contributed by atoms with Gasteiger partial charge in [0.15, 0.2) is 4.46 Å². The summed E-state index contributed by atoms with van der Waals surface area (Å²) in [7, 11) is 4.44. The van der Waals surface area contributed by atoms with E-state index in [1.54, 1.807) is 0 Å². The molecule has 4 atom stereocenters. The predicted octanol–water partition coefficient (Wildman–Crippen LogP) is 3.05. The maximum Gasteiger partial charge on any atom is 0.175 e. The van der Waals surface area contributed by atoms with Crippen LogP contribution in [0, 0.1) is 11.8 Å². The molecule has 2 bridgehead atoms. The van der Waals surface area contributed by atoms with Crippen molar-refractivity contribution in [3.8, 4) is 0 Å². The molecule has 1 radical (unpaired) electrons. The van der Waals surface area contributed by atoms with E-state index in [2.05, 4.69) is 47.5 Å². The average molecular weight is 448 g/mol. The van der Waals surface area contributed by atoms with Crippen molar-refractivity contribution in [1.29, 1.82) is 0 Å². The summed E-state index contributed by atoms with van der Waals surface area (Å²) in [4.78, 5) is 9.81. The molecule has 0 aromatic heterocycles. The first-order valence-corrected chi connectivity index (χ1v) is 10.8. The van der Waals surface area contributed by atoms with Gasteiger partial charge in [0.2, 0.25) is 0 Å². The third-order valence-electron chi connectivity index (χ3n) is 5.78. The molecule has 2 aliphatic rings. The molecule has 2 rings (SSSR count). The molecular weight excluding hydrogens is 410 g/mol. The number of nitrogens with zero attached hydrogens (tertiary/aromatic N) is 4. The fourth-order valence-electron chi connectivity index (χ4n) is 4.24. The molecule has 155 valence electrons. The number of hydrogen-bond acceptors (Lipinski definition) is 4. The van der Waals surface area contributed by atoms with Gasteiger partial charge in [-0.2, -0.15) is 0 Å². The number of hydrogen-bond donors (Lipinski definition) is 0. The van der Waals surface area contributed by atoms with Gasteiger partial charge in [-0.15, -0.1) is 0 Å². The van der Waals surface area contributed by atoms with Crippen LogP contribution in [-0.2, 0) is 17.1 Å². The molecule has 0 aliphatic carbocycles. The maximum atomic E-state index is 7.06. The van der Waals surface area contributed by atoms with Gasteiger partial charge >= 0.3 is 0 Å². The fraction of sp³-hybridized carbons (Fsp3) is 1.00. The molecule has 0 N–H and O–H groups in total.